The Hall–Kier alpha value is -3.74. The Labute approximate surface area is 225 Å². The van der Waals surface area contributed by atoms with Crippen molar-refractivity contribution in [3.8, 4) is 11.1 Å². The van der Waals surface area contributed by atoms with Gasteiger partial charge < -0.3 is 25.1 Å². The van der Waals surface area contributed by atoms with Gasteiger partial charge in [-0.25, -0.2) is 9.59 Å². The molecule has 4 rings (SSSR count). The van der Waals surface area contributed by atoms with E-state index in [0.29, 0.717) is 46.0 Å². The molecule has 0 atom stereocenters. The minimum atomic E-state index is -1.03. The first-order valence-corrected chi connectivity index (χ1v) is 13.5. The number of amides is 2. The first kappa shape index (κ1) is 27.3. The number of urea groups is 1. The number of rotatable bonds is 8. The molecule has 0 aliphatic heterocycles. The van der Waals surface area contributed by atoms with Gasteiger partial charge in [0, 0.05) is 23.8 Å². The van der Waals surface area contributed by atoms with Crippen LogP contribution in [-0.2, 0) is 0 Å². The van der Waals surface area contributed by atoms with Crippen molar-refractivity contribution in [1.82, 2.24) is 0 Å². The quantitative estimate of drug-likeness (QED) is 0.281. The second-order valence-corrected chi connectivity index (χ2v) is 10.8. The summed E-state index contributed by atoms with van der Waals surface area (Å²) in [7, 11) is 0. The van der Waals surface area contributed by atoms with Gasteiger partial charge in [0.15, 0.2) is 0 Å². The van der Waals surface area contributed by atoms with E-state index >= 15 is 0 Å². The van der Waals surface area contributed by atoms with Crippen molar-refractivity contribution >= 4 is 29.1 Å². The number of hydrogen-bond donors (Lipinski definition) is 3. The highest BCUT2D eigenvalue weighted by Crippen LogP contribution is 2.39. The number of carbonyl (C=O) groups is 2. The Morgan fingerprint density at radius 3 is 2.39 bits per heavy atom. The smallest absolute Gasteiger partial charge is 0.339 e. The molecule has 1 saturated carbocycles. The van der Waals surface area contributed by atoms with Crippen LogP contribution in [0.5, 0.6) is 0 Å². The van der Waals surface area contributed by atoms with Crippen LogP contribution in [0.4, 0.5) is 21.9 Å². The minimum absolute atomic E-state index is 0.150. The normalized spacial score (nSPS) is 13.9. The van der Waals surface area contributed by atoms with E-state index in [4.69, 9.17) is 4.42 Å². The van der Waals surface area contributed by atoms with Gasteiger partial charge in [-0.2, -0.15) is 0 Å². The van der Waals surface area contributed by atoms with Crippen molar-refractivity contribution in [2.24, 2.45) is 5.92 Å². The summed E-state index contributed by atoms with van der Waals surface area (Å²) < 4.78 is 5.71. The lowest BCUT2D eigenvalue weighted by Gasteiger charge is -2.38. The predicted molar refractivity (Wildman–Crippen MR) is 153 cm³/mol. The van der Waals surface area contributed by atoms with Crippen LogP contribution >= 0.6 is 0 Å². The van der Waals surface area contributed by atoms with E-state index in [-0.39, 0.29) is 11.6 Å². The van der Waals surface area contributed by atoms with Crippen molar-refractivity contribution in [2.75, 3.05) is 22.1 Å². The van der Waals surface area contributed by atoms with E-state index in [1.165, 1.54) is 19.3 Å². The van der Waals surface area contributed by atoms with Gasteiger partial charge in [-0.15, -0.1) is 0 Å². The lowest BCUT2D eigenvalue weighted by Crippen LogP contribution is -2.40. The Balaban J connectivity index is 1.78. The average Bonchev–Trinajstić information content (AvgIpc) is 3.16. The van der Waals surface area contributed by atoms with E-state index in [1.807, 2.05) is 49.4 Å². The van der Waals surface area contributed by atoms with E-state index in [9.17, 15) is 14.7 Å². The number of carbonyl (C=O) groups excluding carboxylic acids is 1. The molecular weight excluding hydrogens is 478 g/mol. The molecule has 1 aromatic heterocycles. The minimum Gasteiger partial charge on any atom is -0.478 e. The maximum Gasteiger partial charge on any atom is 0.339 e. The number of benzene rings is 2. The molecule has 3 aromatic rings. The molecule has 0 saturated heterocycles. The Kier molecular flexibility index (Phi) is 8.45. The largest absolute Gasteiger partial charge is 0.478 e. The molecule has 0 bridgehead atoms. The first-order valence-electron chi connectivity index (χ1n) is 13.5. The summed E-state index contributed by atoms with van der Waals surface area (Å²) in [5.74, 6) is 0.301. The van der Waals surface area contributed by atoms with Crippen molar-refractivity contribution < 1.29 is 19.1 Å². The van der Waals surface area contributed by atoms with Crippen LogP contribution in [0.2, 0.25) is 0 Å². The van der Waals surface area contributed by atoms with Crippen LogP contribution in [0.1, 0.15) is 73.4 Å². The van der Waals surface area contributed by atoms with Gasteiger partial charge in [0.05, 0.1) is 11.4 Å². The Bertz CT molecular complexity index is 1300. The summed E-state index contributed by atoms with van der Waals surface area (Å²) in [5, 5.41) is 15.9. The molecule has 0 radical (unpaired) electrons. The number of nitrogens with one attached hydrogen (secondary N) is 2. The molecule has 1 aliphatic carbocycles. The molecule has 2 amide bonds. The molecule has 1 aliphatic rings. The maximum atomic E-state index is 13.2. The number of aryl methyl sites for hydroxylation is 3. The topological polar surface area (TPSA) is 94.8 Å². The lowest BCUT2D eigenvalue weighted by atomic mass is 9.92. The molecule has 0 spiro atoms. The standard InChI is InChI=1S/C31H39N3O4/c1-19(2)18-34(25-12-7-6-8-13-25)27-15-14-23(28-21(4)38-22(5)29(28)30(35)36)17-26(27)33-31(37)32-24-11-9-10-20(3)16-24/h9-11,14-17,19,25H,6-8,12-13,18H2,1-5H3,(H,35,36)(H2,32,33,37). The van der Waals surface area contributed by atoms with Crippen molar-refractivity contribution in [1.29, 1.82) is 0 Å². The second-order valence-electron chi connectivity index (χ2n) is 10.8. The SMILES string of the molecule is Cc1cccc(NC(=O)Nc2cc(-c3c(C)oc(C)c3C(=O)O)ccc2N(CC(C)C)C2CCCCC2)c1. The third-order valence-electron chi connectivity index (χ3n) is 7.17. The number of carboxylic acids is 1. The summed E-state index contributed by atoms with van der Waals surface area (Å²) in [6, 6.07) is 13.5. The van der Waals surface area contributed by atoms with Gasteiger partial charge in [0.2, 0.25) is 0 Å². The van der Waals surface area contributed by atoms with Crippen molar-refractivity contribution in [2.45, 2.75) is 72.8 Å². The highest BCUT2D eigenvalue weighted by atomic mass is 16.4. The molecule has 3 N–H and O–H groups in total. The highest BCUT2D eigenvalue weighted by molar-refractivity contribution is 6.03. The molecule has 1 heterocycles. The summed E-state index contributed by atoms with van der Waals surface area (Å²) in [6.45, 7) is 10.7. The summed E-state index contributed by atoms with van der Waals surface area (Å²) >= 11 is 0. The highest BCUT2D eigenvalue weighted by Gasteiger charge is 2.27. The Morgan fingerprint density at radius 1 is 1.00 bits per heavy atom. The number of aromatic carboxylic acids is 1. The first-order chi connectivity index (χ1) is 18.1. The average molecular weight is 518 g/mol. The molecule has 7 heteroatoms. The van der Waals surface area contributed by atoms with Gasteiger partial charge in [-0.05, 0) is 74.9 Å². The Morgan fingerprint density at radius 2 is 1.74 bits per heavy atom. The van der Waals surface area contributed by atoms with E-state index in [2.05, 4.69) is 29.4 Å². The van der Waals surface area contributed by atoms with Gasteiger partial charge in [-0.1, -0.05) is 51.3 Å². The lowest BCUT2D eigenvalue weighted by molar-refractivity contribution is 0.0695. The monoisotopic (exact) mass is 517 g/mol. The third kappa shape index (κ3) is 6.21. The maximum absolute atomic E-state index is 13.2. The zero-order chi connectivity index (χ0) is 27.4. The van der Waals surface area contributed by atoms with Crippen LogP contribution < -0.4 is 15.5 Å². The van der Waals surface area contributed by atoms with Gasteiger partial charge in [0.1, 0.15) is 17.1 Å². The fourth-order valence-corrected chi connectivity index (χ4v) is 5.57. The number of furan rings is 1. The van der Waals surface area contributed by atoms with Crippen LogP contribution in [-0.4, -0.2) is 29.7 Å². The summed E-state index contributed by atoms with van der Waals surface area (Å²) in [4.78, 5) is 27.7. The summed E-state index contributed by atoms with van der Waals surface area (Å²) in [5.41, 5.74) is 4.74. The molecule has 1 fully saturated rings. The van der Waals surface area contributed by atoms with Crippen LogP contribution in [0.15, 0.2) is 46.9 Å². The summed E-state index contributed by atoms with van der Waals surface area (Å²) in [6.07, 6.45) is 5.89. The predicted octanol–water partition coefficient (Wildman–Crippen LogP) is 8.01. The number of nitrogens with zero attached hydrogens (tertiary/aromatic N) is 1. The van der Waals surface area contributed by atoms with Gasteiger partial charge in [0.25, 0.3) is 0 Å². The third-order valence-corrected chi connectivity index (χ3v) is 7.17. The fourth-order valence-electron chi connectivity index (χ4n) is 5.57. The van der Waals surface area contributed by atoms with E-state index < -0.39 is 5.97 Å². The van der Waals surface area contributed by atoms with Crippen molar-refractivity contribution in [3.05, 3.63) is 65.1 Å². The molecule has 2 aromatic carbocycles. The molecule has 38 heavy (non-hydrogen) atoms. The molecule has 7 nitrogen and oxygen atoms in total. The number of anilines is 3. The van der Waals surface area contributed by atoms with Crippen LogP contribution in [0, 0.1) is 26.7 Å². The molecular formula is C31H39N3O4. The zero-order valence-electron chi connectivity index (χ0n) is 23.1. The number of carboxylic acid groups (broad SMARTS) is 1. The van der Waals surface area contributed by atoms with Crippen molar-refractivity contribution in [3.63, 3.8) is 0 Å². The zero-order valence-corrected chi connectivity index (χ0v) is 23.1. The van der Waals surface area contributed by atoms with Crippen LogP contribution in [0.25, 0.3) is 11.1 Å². The van der Waals surface area contributed by atoms with Gasteiger partial charge in [-0.3, -0.25) is 0 Å². The fraction of sp³-hybridized carbons (Fsp3) is 0.419. The second kappa shape index (κ2) is 11.8. The van der Waals surface area contributed by atoms with E-state index in [1.54, 1.807) is 13.8 Å². The molecule has 0 unspecified atom stereocenters. The number of hydrogen-bond acceptors (Lipinski definition) is 4. The van der Waals surface area contributed by atoms with Crippen LogP contribution in [0.3, 0.4) is 0 Å². The van der Waals surface area contributed by atoms with Gasteiger partial charge >= 0.3 is 12.0 Å². The molecule has 202 valence electrons. The van der Waals surface area contributed by atoms with E-state index in [0.717, 1.165) is 30.6 Å².